The number of hydrogen-bond acceptors (Lipinski definition) is 9. The zero-order valence-corrected chi connectivity index (χ0v) is 25.6. The molecule has 0 bridgehead atoms. The second-order valence-corrected chi connectivity index (χ2v) is 11.0. The zero-order chi connectivity index (χ0) is 34.4. The van der Waals surface area contributed by atoms with E-state index in [2.05, 4.69) is 36.3 Å². The van der Waals surface area contributed by atoms with Gasteiger partial charge >= 0.3 is 6.18 Å². The summed E-state index contributed by atoms with van der Waals surface area (Å²) >= 11 is 0. The van der Waals surface area contributed by atoms with E-state index in [1.165, 1.54) is 28.9 Å². The van der Waals surface area contributed by atoms with Gasteiger partial charge in [-0.15, -0.1) is 0 Å². The maximum Gasteiger partial charge on any atom is 0.435 e. The number of carbonyl (C=O) groups excluding carboxylic acids is 3. The van der Waals surface area contributed by atoms with Crippen molar-refractivity contribution >= 4 is 35.4 Å². The number of fused-ring (bicyclic) bond motifs is 1. The van der Waals surface area contributed by atoms with Crippen LogP contribution in [0.25, 0.3) is 16.9 Å². The number of nitrogens with zero attached hydrogens (tertiary/aromatic N) is 5. The van der Waals surface area contributed by atoms with Crippen molar-refractivity contribution in [1.82, 2.24) is 40.1 Å². The molecule has 256 valence electrons. The van der Waals surface area contributed by atoms with Gasteiger partial charge in [-0.25, -0.2) is 18.7 Å². The van der Waals surface area contributed by atoms with Crippen molar-refractivity contribution in [3.63, 3.8) is 0 Å². The van der Waals surface area contributed by atoms with Crippen molar-refractivity contribution in [3.05, 3.63) is 53.7 Å². The van der Waals surface area contributed by atoms with Crippen molar-refractivity contribution in [3.8, 4) is 17.0 Å². The highest BCUT2D eigenvalue weighted by molar-refractivity contribution is 5.99. The smallest absolute Gasteiger partial charge is 0.426 e. The molecule has 1 aliphatic heterocycles. The molecule has 13 nitrogen and oxygen atoms in total. The topological polar surface area (TPSA) is 157 Å². The summed E-state index contributed by atoms with van der Waals surface area (Å²) in [7, 11) is 0. The Kier molecular flexibility index (Phi) is 10.5. The summed E-state index contributed by atoms with van der Waals surface area (Å²) in [5, 5.41) is 15.0. The third kappa shape index (κ3) is 7.70. The molecule has 0 saturated carbocycles. The highest BCUT2D eigenvalue weighted by Gasteiger charge is 2.38. The van der Waals surface area contributed by atoms with Gasteiger partial charge in [0.1, 0.15) is 6.54 Å². The van der Waals surface area contributed by atoms with Crippen molar-refractivity contribution < 1.29 is 41.1 Å². The Balaban J connectivity index is 1.39. The van der Waals surface area contributed by atoms with Crippen LogP contribution in [0.4, 0.5) is 33.5 Å². The quantitative estimate of drug-likeness (QED) is 0.123. The summed E-state index contributed by atoms with van der Waals surface area (Å²) in [5.41, 5.74) is -1.21. The van der Waals surface area contributed by atoms with Crippen LogP contribution in [0, 0.1) is 5.92 Å². The largest absolute Gasteiger partial charge is 0.435 e. The fourth-order valence-corrected chi connectivity index (χ4v) is 5.52. The van der Waals surface area contributed by atoms with E-state index in [9.17, 15) is 36.3 Å². The summed E-state index contributed by atoms with van der Waals surface area (Å²) in [5.74, 6) is -0.526. The Morgan fingerprint density at radius 2 is 1.94 bits per heavy atom. The lowest BCUT2D eigenvalue weighted by Crippen LogP contribution is -2.41. The van der Waals surface area contributed by atoms with E-state index in [4.69, 9.17) is 4.74 Å². The van der Waals surface area contributed by atoms with Gasteiger partial charge in [-0.1, -0.05) is 6.92 Å². The van der Waals surface area contributed by atoms with Crippen LogP contribution in [0.3, 0.4) is 0 Å². The lowest BCUT2D eigenvalue weighted by molar-refractivity contribution is -0.141. The molecule has 0 atom stereocenters. The van der Waals surface area contributed by atoms with Gasteiger partial charge in [0.2, 0.25) is 5.91 Å². The van der Waals surface area contributed by atoms with Crippen LogP contribution in [-0.4, -0.2) is 75.0 Å². The lowest BCUT2D eigenvalue weighted by atomic mass is 9.98. The number of amides is 2. The average molecular weight is 678 g/mol. The van der Waals surface area contributed by atoms with Crippen molar-refractivity contribution in [1.29, 1.82) is 0 Å². The first-order valence-corrected chi connectivity index (χ1v) is 15.0. The minimum atomic E-state index is -4.94. The number of ether oxygens (including phenoxy) is 1. The maximum atomic E-state index is 13.8. The molecule has 0 radical (unpaired) electrons. The number of hydrogen-bond donors (Lipinski definition) is 4. The molecule has 3 aromatic heterocycles. The number of alkyl halides is 5. The van der Waals surface area contributed by atoms with E-state index in [1.54, 1.807) is 6.92 Å². The number of piperidine rings is 1. The first-order valence-electron chi connectivity index (χ1n) is 15.0. The van der Waals surface area contributed by atoms with E-state index >= 15 is 0 Å². The van der Waals surface area contributed by atoms with Crippen molar-refractivity contribution in [2.45, 2.75) is 45.3 Å². The molecule has 4 heterocycles. The molecule has 1 aliphatic rings. The minimum absolute atomic E-state index is 0.0151. The van der Waals surface area contributed by atoms with E-state index < -0.39 is 36.3 Å². The molecule has 48 heavy (non-hydrogen) atoms. The van der Waals surface area contributed by atoms with Crippen molar-refractivity contribution in [2.75, 3.05) is 31.5 Å². The Morgan fingerprint density at radius 3 is 2.62 bits per heavy atom. The number of rotatable bonds is 13. The van der Waals surface area contributed by atoms with Gasteiger partial charge in [0, 0.05) is 36.3 Å². The number of anilines is 2. The monoisotopic (exact) mass is 677 g/mol. The van der Waals surface area contributed by atoms with Crippen LogP contribution in [0.5, 0.6) is 5.75 Å². The summed E-state index contributed by atoms with van der Waals surface area (Å²) in [4.78, 5) is 45.4. The summed E-state index contributed by atoms with van der Waals surface area (Å²) in [6.07, 6.45) is -1.13. The van der Waals surface area contributed by atoms with Crippen LogP contribution < -0.4 is 26.0 Å². The first kappa shape index (κ1) is 34.2. The highest BCUT2D eigenvalue weighted by atomic mass is 19.4. The SMILES string of the molecule is CCc1c(C(=O)NCC(=O)NCC2CCNCC2)ccc(Nc2nccn3c(-c4cn(CC(F)F)nc4C(F)(F)F)cnc23)c1OC=O. The van der Waals surface area contributed by atoms with Crippen LogP contribution in [0.1, 0.15) is 41.4 Å². The maximum absolute atomic E-state index is 13.8. The number of halogens is 5. The van der Waals surface area contributed by atoms with Gasteiger partial charge in [-0.2, -0.15) is 18.3 Å². The second kappa shape index (κ2) is 14.7. The molecular weight excluding hydrogens is 645 g/mol. The molecule has 0 aliphatic carbocycles. The van der Waals surface area contributed by atoms with Crippen LogP contribution in [-0.2, 0) is 28.7 Å². The first-order chi connectivity index (χ1) is 23.0. The fraction of sp³-hybridized carbons (Fsp3) is 0.400. The fourth-order valence-electron chi connectivity index (χ4n) is 5.52. The molecule has 2 amide bonds. The molecular formula is C30H32F5N9O4. The normalized spacial score (nSPS) is 13.9. The van der Waals surface area contributed by atoms with E-state index in [1.807, 2.05) is 0 Å². The Labute approximate surface area is 270 Å². The Morgan fingerprint density at radius 1 is 1.17 bits per heavy atom. The molecule has 1 fully saturated rings. The van der Waals surface area contributed by atoms with E-state index in [0.29, 0.717) is 22.7 Å². The standard InChI is InChI=1S/C30H32F5N9O4/c1-2-18-19(29(47)40-13-24(46)38-11-17-5-7-36-8-6-17)3-4-21(25(18)48-16-45)41-27-28-39-12-22(44(28)10-9-37-27)20-14-43(15-23(31)32)42-26(20)30(33,34)35/h3-4,9-10,12,14,16-17,23,36H,2,5-8,11,13,15H2,1H3,(H,37,41)(H,38,46)(H,40,47). The third-order valence-electron chi connectivity index (χ3n) is 7.79. The van der Waals surface area contributed by atoms with Gasteiger partial charge in [0.05, 0.1) is 29.7 Å². The average Bonchev–Trinajstić information content (AvgIpc) is 3.68. The second-order valence-electron chi connectivity index (χ2n) is 11.0. The predicted octanol–water partition coefficient (Wildman–Crippen LogP) is 3.56. The van der Waals surface area contributed by atoms with Gasteiger partial charge in [-0.3, -0.25) is 23.5 Å². The van der Waals surface area contributed by atoms with Gasteiger partial charge in [-0.05, 0) is 50.4 Å². The van der Waals surface area contributed by atoms with Gasteiger partial charge < -0.3 is 26.0 Å². The number of carbonyl (C=O) groups is 3. The van der Waals surface area contributed by atoms with Crippen molar-refractivity contribution in [2.24, 2.45) is 5.92 Å². The number of imidazole rings is 1. The minimum Gasteiger partial charge on any atom is -0.426 e. The molecule has 1 saturated heterocycles. The Bertz CT molecular complexity index is 1780. The lowest BCUT2D eigenvalue weighted by Gasteiger charge is -2.22. The van der Waals surface area contributed by atoms with Crippen LogP contribution in [0.2, 0.25) is 0 Å². The number of benzene rings is 1. The van der Waals surface area contributed by atoms with Gasteiger partial charge in [0.25, 0.3) is 18.8 Å². The van der Waals surface area contributed by atoms with Crippen LogP contribution >= 0.6 is 0 Å². The van der Waals surface area contributed by atoms with Gasteiger partial charge in [0.15, 0.2) is 22.9 Å². The van der Waals surface area contributed by atoms with E-state index in [-0.39, 0.29) is 59.5 Å². The summed E-state index contributed by atoms with van der Waals surface area (Å²) in [6.45, 7) is 2.90. The summed E-state index contributed by atoms with van der Waals surface area (Å²) in [6, 6.07) is 2.90. The Hall–Kier alpha value is -5.13. The third-order valence-corrected chi connectivity index (χ3v) is 7.79. The zero-order valence-electron chi connectivity index (χ0n) is 25.6. The molecule has 0 spiro atoms. The number of nitrogens with one attached hydrogen (secondary N) is 4. The molecule has 18 heteroatoms. The predicted molar refractivity (Wildman–Crippen MR) is 162 cm³/mol. The molecule has 0 unspecified atom stereocenters. The van der Waals surface area contributed by atoms with Crippen LogP contribution in [0.15, 0.2) is 36.9 Å². The molecule has 1 aromatic carbocycles. The van der Waals surface area contributed by atoms with E-state index in [0.717, 1.165) is 38.3 Å². The molecule has 5 rings (SSSR count). The molecule has 4 aromatic rings. The number of aromatic nitrogens is 5. The highest BCUT2D eigenvalue weighted by Crippen LogP contribution is 2.38. The summed E-state index contributed by atoms with van der Waals surface area (Å²) < 4.78 is 74.4. The molecule has 4 N–H and O–H groups in total.